The largest absolute Gasteiger partial charge is 0.481 e. The molecule has 0 aromatic heterocycles. The molecule has 0 saturated carbocycles. The summed E-state index contributed by atoms with van der Waals surface area (Å²) in [5.41, 5.74) is 2.24. The van der Waals surface area contributed by atoms with E-state index in [-0.39, 0.29) is 24.6 Å². The fraction of sp³-hybridized carbons (Fsp3) is 0.674. The van der Waals surface area contributed by atoms with E-state index in [2.05, 4.69) is 13.8 Å². The Morgan fingerprint density at radius 3 is 1.22 bits per heavy atom. The van der Waals surface area contributed by atoms with E-state index in [1.54, 1.807) is 0 Å². The zero-order chi connectivity index (χ0) is 35.6. The zero-order valence-corrected chi connectivity index (χ0v) is 31.4. The number of hydrogen-bond acceptors (Lipinski definition) is 5. The van der Waals surface area contributed by atoms with Crippen LogP contribution in [0.1, 0.15) is 166 Å². The van der Waals surface area contributed by atoms with Crippen LogP contribution in [0.5, 0.6) is 0 Å². The number of esters is 1. The maximum absolute atomic E-state index is 11.6. The van der Waals surface area contributed by atoms with Gasteiger partial charge in [0.1, 0.15) is 0 Å². The maximum Gasteiger partial charge on any atom is 0.308 e. The molecule has 0 bridgehead atoms. The van der Waals surface area contributed by atoms with Gasteiger partial charge in [0.2, 0.25) is 0 Å². The lowest BCUT2D eigenvalue weighted by Crippen LogP contribution is -2.18. The van der Waals surface area contributed by atoms with Crippen LogP contribution in [0.15, 0.2) is 60.7 Å². The van der Waals surface area contributed by atoms with Gasteiger partial charge < -0.3 is 19.3 Å². The number of unbranched alkanes of at least 4 members (excludes halogenated alkanes) is 16. The molecule has 278 valence electrons. The molecular formula is C43H70O6. The Bertz CT molecular complexity index is 1010. The first kappa shape index (κ1) is 44.3. The van der Waals surface area contributed by atoms with E-state index in [1.807, 2.05) is 60.7 Å². The first-order chi connectivity index (χ1) is 24.0. The Morgan fingerprint density at radius 1 is 0.531 bits per heavy atom. The molecule has 0 heterocycles. The fourth-order valence-electron chi connectivity index (χ4n) is 5.89. The monoisotopic (exact) mass is 683 g/mol. The summed E-state index contributed by atoms with van der Waals surface area (Å²) in [7, 11) is 1.44. The van der Waals surface area contributed by atoms with E-state index in [4.69, 9.17) is 19.3 Å². The van der Waals surface area contributed by atoms with Gasteiger partial charge in [0, 0.05) is 0 Å². The Morgan fingerprint density at radius 2 is 0.878 bits per heavy atom. The van der Waals surface area contributed by atoms with Gasteiger partial charge >= 0.3 is 11.9 Å². The smallest absolute Gasteiger partial charge is 0.308 e. The van der Waals surface area contributed by atoms with Crippen LogP contribution in [-0.4, -0.2) is 36.4 Å². The third kappa shape index (κ3) is 27.8. The number of methoxy groups -OCH3 is 1. The number of hydrogen-bond donors (Lipinski definition) is 1. The van der Waals surface area contributed by atoms with Gasteiger partial charge in [-0.05, 0) is 24.0 Å². The van der Waals surface area contributed by atoms with E-state index in [0.29, 0.717) is 19.6 Å². The van der Waals surface area contributed by atoms with Gasteiger partial charge in [-0.15, -0.1) is 0 Å². The number of rotatable bonds is 30. The molecule has 0 saturated heterocycles. The minimum Gasteiger partial charge on any atom is -0.481 e. The summed E-state index contributed by atoms with van der Waals surface area (Å²) in [6, 6.07) is 20.1. The van der Waals surface area contributed by atoms with E-state index < -0.39 is 5.97 Å². The number of ether oxygens (including phenoxy) is 3. The predicted molar refractivity (Wildman–Crippen MR) is 203 cm³/mol. The second-order valence-corrected chi connectivity index (χ2v) is 13.4. The highest BCUT2D eigenvalue weighted by molar-refractivity contribution is 5.69. The highest BCUT2D eigenvalue weighted by Gasteiger charge is 2.15. The first-order valence-electron chi connectivity index (χ1n) is 19.6. The number of carboxylic acids is 1. The molecule has 0 radical (unpaired) electrons. The van der Waals surface area contributed by atoms with Crippen LogP contribution in [-0.2, 0) is 37.0 Å². The van der Waals surface area contributed by atoms with E-state index >= 15 is 0 Å². The molecule has 0 aliphatic rings. The minimum absolute atomic E-state index is 0.0442. The van der Waals surface area contributed by atoms with Crippen molar-refractivity contribution in [2.24, 2.45) is 0 Å². The molecule has 6 nitrogen and oxygen atoms in total. The number of carboxylic acid groups (broad SMARTS) is 1. The van der Waals surface area contributed by atoms with Crippen LogP contribution in [0.25, 0.3) is 0 Å². The molecule has 2 rings (SSSR count). The molecule has 49 heavy (non-hydrogen) atoms. The van der Waals surface area contributed by atoms with Crippen molar-refractivity contribution in [1.29, 1.82) is 0 Å². The van der Waals surface area contributed by atoms with Gasteiger partial charge in [-0.25, -0.2) is 0 Å². The van der Waals surface area contributed by atoms with Gasteiger partial charge in [-0.1, -0.05) is 190 Å². The summed E-state index contributed by atoms with van der Waals surface area (Å²) in [6.45, 7) is 5.55. The van der Waals surface area contributed by atoms with Crippen LogP contribution < -0.4 is 0 Å². The van der Waals surface area contributed by atoms with Crippen molar-refractivity contribution in [1.82, 2.24) is 0 Å². The lowest BCUT2D eigenvalue weighted by atomic mass is 10.0. The van der Waals surface area contributed by atoms with Crippen LogP contribution >= 0.6 is 0 Å². The molecule has 0 aliphatic heterocycles. The van der Waals surface area contributed by atoms with Gasteiger partial charge in [-0.3, -0.25) is 9.59 Å². The SMILES string of the molecule is CCCCCCCCCCC[C@H](CC(=O)O)OCc1ccccc1.CCCCCCCCCCC[C@H](CC(=O)OC)OCc1ccccc1. The molecule has 0 fully saturated rings. The lowest BCUT2D eigenvalue weighted by Gasteiger charge is -2.17. The van der Waals surface area contributed by atoms with Crippen molar-refractivity contribution in [2.45, 2.75) is 181 Å². The third-order valence-corrected chi connectivity index (χ3v) is 8.94. The van der Waals surface area contributed by atoms with E-state index in [0.717, 1.165) is 36.8 Å². The van der Waals surface area contributed by atoms with Crippen molar-refractivity contribution >= 4 is 11.9 Å². The zero-order valence-electron chi connectivity index (χ0n) is 31.4. The third-order valence-electron chi connectivity index (χ3n) is 8.94. The number of carbonyl (C=O) groups excluding carboxylic acids is 1. The van der Waals surface area contributed by atoms with Crippen molar-refractivity contribution in [3.8, 4) is 0 Å². The van der Waals surface area contributed by atoms with Gasteiger partial charge in [0.15, 0.2) is 0 Å². The van der Waals surface area contributed by atoms with Crippen LogP contribution in [0.2, 0.25) is 0 Å². The van der Waals surface area contributed by atoms with Gasteiger partial charge in [0.25, 0.3) is 0 Å². The summed E-state index contributed by atoms with van der Waals surface area (Å²) < 4.78 is 16.6. The highest BCUT2D eigenvalue weighted by atomic mass is 16.5. The Labute approximate surface area is 299 Å². The molecule has 1 N–H and O–H groups in total. The molecule has 0 aliphatic carbocycles. The standard InChI is InChI=1S/C22H36O3.C21H34O3/c1-3-4-5-6-7-8-9-10-14-17-21(18-22(23)24-2)25-19-20-15-12-11-13-16-20;1-2-3-4-5-6-7-8-9-13-16-20(17-21(22)23)24-18-19-14-11-10-12-15-19/h11-13,15-16,21H,3-10,14,17-19H2,1-2H3;10-12,14-15,20H,2-9,13,16-18H2,1H3,(H,22,23)/t21-;20-/m11/s1. The molecule has 0 unspecified atom stereocenters. The maximum atomic E-state index is 11.6. The number of carbonyl (C=O) groups is 2. The molecule has 2 aromatic rings. The Hall–Kier alpha value is -2.70. The lowest BCUT2D eigenvalue weighted by molar-refractivity contribution is -0.144. The molecule has 6 heteroatoms. The molecular weight excluding hydrogens is 612 g/mol. The van der Waals surface area contributed by atoms with Crippen LogP contribution in [0, 0.1) is 0 Å². The fourth-order valence-corrected chi connectivity index (χ4v) is 5.89. The van der Waals surface area contributed by atoms with Gasteiger partial charge in [0.05, 0.1) is 45.4 Å². The van der Waals surface area contributed by atoms with Crippen molar-refractivity contribution in [2.75, 3.05) is 7.11 Å². The van der Waals surface area contributed by atoms with E-state index in [9.17, 15) is 9.59 Å². The molecule has 0 amide bonds. The average Bonchev–Trinajstić information content (AvgIpc) is 3.12. The summed E-state index contributed by atoms with van der Waals surface area (Å²) in [5, 5.41) is 9.04. The molecule has 2 aromatic carbocycles. The van der Waals surface area contributed by atoms with Crippen molar-refractivity contribution < 1.29 is 28.9 Å². The number of aliphatic carboxylic acids is 1. The van der Waals surface area contributed by atoms with Crippen molar-refractivity contribution in [3.05, 3.63) is 71.8 Å². The van der Waals surface area contributed by atoms with E-state index in [1.165, 1.54) is 110 Å². The Balaban J connectivity index is 0.000000490. The average molecular weight is 683 g/mol. The number of benzene rings is 2. The van der Waals surface area contributed by atoms with Crippen LogP contribution in [0.3, 0.4) is 0 Å². The molecule has 2 atom stereocenters. The summed E-state index contributed by atoms with van der Waals surface area (Å²) in [4.78, 5) is 22.6. The normalized spacial score (nSPS) is 12.1. The van der Waals surface area contributed by atoms with Gasteiger partial charge in [-0.2, -0.15) is 0 Å². The van der Waals surface area contributed by atoms with Crippen molar-refractivity contribution in [3.63, 3.8) is 0 Å². The minimum atomic E-state index is -0.774. The Kier molecular flexibility index (Phi) is 29.4. The summed E-state index contributed by atoms with van der Waals surface area (Å²) >= 11 is 0. The summed E-state index contributed by atoms with van der Waals surface area (Å²) in [6.07, 6.45) is 25.3. The quantitative estimate of drug-likeness (QED) is 0.0652. The topological polar surface area (TPSA) is 82.1 Å². The van der Waals surface area contributed by atoms with Crippen LogP contribution in [0.4, 0.5) is 0 Å². The first-order valence-corrected chi connectivity index (χ1v) is 19.6. The second kappa shape index (κ2) is 32.5. The second-order valence-electron chi connectivity index (χ2n) is 13.4. The highest BCUT2D eigenvalue weighted by Crippen LogP contribution is 2.17. The summed E-state index contributed by atoms with van der Waals surface area (Å²) in [5.74, 6) is -0.960. The predicted octanol–water partition coefficient (Wildman–Crippen LogP) is 12.0. The molecule has 0 spiro atoms.